The zero-order valence-corrected chi connectivity index (χ0v) is 20.2. The lowest BCUT2D eigenvalue weighted by Gasteiger charge is -2.14. The number of nitriles is 1. The summed E-state index contributed by atoms with van der Waals surface area (Å²) in [5.74, 6) is 0.379. The molecule has 0 atom stereocenters. The maximum Gasteiger partial charge on any atom is 0.307 e. The fourth-order valence-corrected chi connectivity index (χ4v) is 3.86. The molecular formula is C25H17BrClN3O4. The summed E-state index contributed by atoms with van der Waals surface area (Å²) in [4.78, 5) is 12.4. The monoisotopic (exact) mass is 537 g/mol. The van der Waals surface area contributed by atoms with Crippen LogP contribution in [0.3, 0.4) is 0 Å². The summed E-state index contributed by atoms with van der Waals surface area (Å²) in [5.41, 5.74) is 4.87. The molecule has 1 amide bonds. The third-order valence-electron chi connectivity index (χ3n) is 4.84. The number of rotatable bonds is 7. The average molecular weight is 539 g/mol. The van der Waals surface area contributed by atoms with Crippen molar-refractivity contribution in [2.75, 3.05) is 7.11 Å². The summed E-state index contributed by atoms with van der Waals surface area (Å²) < 4.78 is 17.7. The minimum Gasteiger partial charge on any atom is -0.493 e. The van der Waals surface area contributed by atoms with Crippen LogP contribution in [0.15, 0.2) is 74.7 Å². The highest BCUT2D eigenvalue weighted by Gasteiger charge is 2.14. The van der Waals surface area contributed by atoms with Crippen molar-refractivity contribution in [3.05, 3.63) is 92.6 Å². The van der Waals surface area contributed by atoms with Gasteiger partial charge in [-0.25, -0.2) is 5.43 Å². The molecule has 34 heavy (non-hydrogen) atoms. The van der Waals surface area contributed by atoms with Gasteiger partial charge in [0.1, 0.15) is 12.2 Å². The Kier molecular flexibility index (Phi) is 7.16. The number of hydrogen-bond donors (Lipinski definition) is 1. The SMILES string of the molecule is COc1cc(/C=N/NC(=O)c2cc3cc(Br)ccc3o2)cc(Cl)c1OCc1ccccc1C#N. The van der Waals surface area contributed by atoms with Crippen LogP contribution in [0, 0.1) is 11.3 Å². The Hall–Kier alpha value is -3.80. The Labute approximate surface area is 208 Å². The van der Waals surface area contributed by atoms with Gasteiger partial charge in [-0.15, -0.1) is 0 Å². The lowest BCUT2D eigenvalue weighted by molar-refractivity contribution is 0.0929. The molecule has 3 aromatic carbocycles. The normalized spacial score (nSPS) is 10.9. The zero-order chi connectivity index (χ0) is 24.1. The highest BCUT2D eigenvalue weighted by molar-refractivity contribution is 9.10. The second-order valence-corrected chi connectivity index (χ2v) is 8.41. The van der Waals surface area contributed by atoms with E-state index in [2.05, 4.69) is 32.5 Å². The first-order valence-electron chi connectivity index (χ1n) is 9.99. The average Bonchev–Trinajstić information content (AvgIpc) is 3.26. The van der Waals surface area contributed by atoms with Crippen molar-refractivity contribution >= 4 is 50.6 Å². The lowest BCUT2D eigenvalue weighted by Crippen LogP contribution is -2.16. The number of fused-ring (bicyclic) bond motifs is 1. The Morgan fingerprint density at radius 3 is 2.85 bits per heavy atom. The number of nitrogens with zero attached hydrogens (tertiary/aromatic N) is 2. The quantitative estimate of drug-likeness (QED) is 0.227. The van der Waals surface area contributed by atoms with Gasteiger partial charge in [0.25, 0.3) is 0 Å². The number of hydrogen-bond acceptors (Lipinski definition) is 6. The summed E-state index contributed by atoms with van der Waals surface area (Å²) in [7, 11) is 1.49. The highest BCUT2D eigenvalue weighted by atomic mass is 79.9. The van der Waals surface area contributed by atoms with Gasteiger partial charge in [-0.3, -0.25) is 4.79 Å². The van der Waals surface area contributed by atoms with E-state index in [1.165, 1.54) is 13.3 Å². The number of furan rings is 1. The van der Waals surface area contributed by atoms with Crippen LogP contribution in [-0.4, -0.2) is 19.2 Å². The van der Waals surface area contributed by atoms with Crippen LogP contribution in [-0.2, 0) is 6.61 Å². The molecule has 0 aliphatic rings. The molecule has 7 nitrogen and oxygen atoms in total. The maximum atomic E-state index is 12.4. The Morgan fingerprint density at radius 2 is 2.06 bits per heavy atom. The van der Waals surface area contributed by atoms with Crippen LogP contribution in [0.1, 0.15) is 27.2 Å². The van der Waals surface area contributed by atoms with Gasteiger partial charge in [-0.2, -0.15) is 10.4 Å². The van der Waals surface area contributed by atoms with Gasteiger partial charge in [-0.1, -0.05) is 45.7 Å². The van der Waals surface area contributed by atoms with Crippen LogP contribution in [0.2, 0.25) is 5.02 Å². The van der Waals surface area contributed by atoms with Crippen LogP contribution < -0.4 is 14.9 Å². The fraction of sp³-hybridized carbons (Fsp3) is 0.0800. The largest absolute Gasteiger partial charge is 0.493 e. The predicted octanol–water partition coefficient (Wildman–Crippen LogP) is 6.07. The molecule has 0 unspecified atom stereocenters. The van der Waals surface area contributed by atoms with E-state index in [4.69, 9.17) is 25.5 Å². The molecule has 170 valence electrons. The summed E-state index contributed by atoms with van der Waals surface area (Å²) in [6.45, 7) is 0.150. The Morgan fingerprint density at radius 1 is 1.24 bits per heavy atom. The van der Waals surface area contributed by atoms with E-state index >= 15 is 0 Å². The van der Waals surface area contributed by atoms with Crippen molar-refractivity contribution in [2.24, 2.45) is 5.10 Å². The molecular weight excluding hydrogens is 522 g/mol. The topological polar surface area (TPSA) is 96.8 Å². The molecule has 0 spiro atoms. The number of hydrazone groups is 1. The molecule has 0 bridgehead atoms. The molecule has 0 aliphatic heterocycles. The van der Waals surface area contributed by atoms with Crippen molar-refractivity contribution in [1.29, 1.82) is 5.26 Å². The molecule has 1 heterocycles. The first kappa shape index (κ1) is 23.4. The van der Waals surface area contributed by atoms with Gasteiger partial charge in [0, 0.05) is 15.4 Å². The number of carbonyl (C=O) groups excluding carboxylic acids is 1. The molecule has 4 aromatic rings. The van der Waals surface area contributed by atoms with E-state index < -0.39 is 5.91 Å². The van der Waals surface area contributed by atoms with Gasteiger partial charge in [0.15, 0.2) is 17.3 Å². The molecule has 1 aromatic heterocycles. The molecule has 4 rings (SSSR count). The van der Waals surface area contributed by atoms with E-state index in [9.17, 15) is 10.1 Å². The molecule has 9 heteroatoms. The van der Waals surface area contributed by atoms with Crippen molar-refractivity contribution in [3.8, 4) is 17.6 Å². The number of carbonyl (C=O) groups is 1. The Bertz CT molecular complexity index is 1440. The first-order chi connectivity index (χ1) is 16.5. The molecule has 0 aliphatic carbocycles. The second kappa shape index (κ2) is 10.4. The molecule has 0 saturated carbocycles. The maximum absolute atomic E-state index is 12.4. The van der Waals surface area contributed by atoms with Gasteiger partial charge in [-0.05, 0) is 48.0 Å². The third kappa shape index (κ3) is 5.22. The summed E-state index contributed by atoms with van der Waals surface area (Å²) >= 11 is 9.80. The number of halogens is 2. The van der Waals surface area contributed by atoms with Crippen LogP contribution in [0.4, 0.5) is 0 Å². The number of ether oxygens (including phenoxy) is 2. The van der Waals surface area contributed by atoms with E-state index in [1.54, 1.807) is 36.4 Å². The van der Waals surface area contributed by atoms with Gasteiger partial charge in [0.2, 0.25) is 0 Å². The first-order valence-corrected chi connectivity index (χ1v) is 11.2. The summed E-state index contributed by atoms with van der Waals surface area (Å²) in [5, 5.41) is 14.3. The van der Waals surface area contributed by atoms with E-state index in [1.807, 2.05) is 24.3 Å². The lowest BCUT2D eigenvalue weighted by atomic mass is 10.1. The van der Waals surface area contributed by atoms with Crippen molar-refractivity contribution < 1.29 is 18.7 Å². The summed E-state index contributed by atoms with van der Waals surface area (Å²) in [6, 6.07) is 19.7. The van der Waals surface area contributed by atoms with E-state index in [0.29, 0.717) is 33.2 Å². The Balaban J connectivity index is 1.46. The van der Waals surface area contributed by atoms with Gasteiger partial charge < -0.3 is 13.9 Å². The summed E-state index contributed by atoms with van der Waals surface area (Å²) in [6.07, 6.45) is 1.43. The molecule has 1 N–H and O–H groups in total. The minimum absolute atomic E-state index is 0.141. The van der Waals surface area contributed by atoms with E-state index in [-0.39, 0.29) is 12.4 Å². The number of methoxy groups -OCH3 is 1. The number of nitrogens with one attached hydrogen (secondary N) is 1. The van der Waals surface area contributed by atoms with E-state index in [0.717, 1.165) is 15.4 Å². The second-order valence-electron chi connectivity index (χ2n) is 7.08. The molecule has 0 saturated heterocycles. The minimum atomic E-state index is -0.488. The van der Waals surface area contributed by atoms with Crippen LogP contribution >= 0.6 is 27.5 Å². The standard InChI is InChI=1S/C25H17BrClN3O4/c1-32-22-9-15(8-20(27)24(22)33-14-17-5-3-2-4-16(17)12-28)13-29-30-25(31)23-11-18-10-19(26)6-7-21(18)34-23/h2-11,13H,14H2,1H3,(H,30,31)/b29-13+. The van der Waals surface area contributed by atoms with Crippen molar-refractivity contribution in [2.45, 2.75) is 6.61 Å². The van der Waals surface area contributed by atoms with Gasteiger partial charge in [0.05, 0.1) is 30.0 Å². The van der Waals surface area contributed by atoms with Crippen molar-refractivity contribution in [1.82, 2.24) is 5.43 Å². The number of amides is 1. The molecule has 0 radical (unpaired) electrons. The van der Waals surface area contributed by atoms with Crippen LogP contribution in [0.25, 0.3) is 11.0 Å². The predicted molar refractivity (Wildman–Crippen MR) is 132 cm³/mol. The zero-order valence-electron chi connectivity index (χ0n) is 17.8. The smallest absolute Gasteiger partial charge is 0.307 e. The highest BCUT2D eigenvalue weighted by Crippen LogP contribution is 2.36. The fourth-order valence-electron chi connectivity index (χ4n) is 3.21. The number of benzene rings is 3. The van der Waals surface area contributed by atoms with Crippen molar-refractivity contribution in [3.63, 3.8) is 0 Å². The molecule has 0 fully saturated rings. The third-order valence-corrected chi connectivity index (χ3v) is 5.62. The van der Waals surface area contributed by atoms with Gasteiger partial charge >= 0.3 is 5.91 Å². The van der Waals surface area contributed by atoms with Crippen LogP contribution in [0.5, 0.6) is 11.5 Å².